The Bertz CT molecular complexity index is 1050. The highest BCUT2D eigenvalue weighted by Gasteiger charge is 2.28. The third-order valence-electron chi connectivity index (χ3n) is 4.42. The van der Waals surface area contributed by atoms with E-state index in [0.29, 0.717) is 11.4 Å². The zero-order valence-corrected chi connectivity index (χ0v) is 16.6. The second-order valence-corrected chi connectivity index (χ2v) is 8.31. The molecular formula is C22H22N2O3S. The van der Waals surface area contributed by atoms with Gasteiger partial charge in [0.05, 0.1) is 10.6 Å². The van der Waals surface area contributed by atoms with Crippen molar-refractivity contribution in [1.29, 1.82) is 0 Å². The van der Waals surface area contributed by atoms with Crippen molar-refractivity contribution in [2.75, 3.05) is 22.8 Å². The van der Waals surface area contributed by atoms with E-state index in [2.05, 4.69) is 0 Å². The molecule has 0 aliphatic heterocycles. The van der Waals surface area contributed by atoms with Gasteiger partial charge in [0.2, 0.25) is 5.91 Å². The number of amides is 1. The van der Waals surface area contributed by atoms with E-state index in [-0.39, 0.29) is 17.3 Å². The highest BCUT2D eigenvalue weighted by Crippen LogP contribution is 2.24. The van der Waals surface area contributed by atoms with Crippen molar-refractivity contribution in [3.63, 3.8) is 0 Å². The number of hydrogen-bond acceptors (Lipinski definition) is 3. The summed E-state index contributed by atoms with van der Waals surface area (Å²) < 4.78 is 27.8. The van der Waals surface area contributed by atoms with E-state index in [1.807, 2.05) is 31.2 Å². The van der Waals surface area contributed by atoms with Crippen molar-refractivity contribution >= 4 is 27.3 Å². The van der Waals surface area contributed by atoms with Crippen LogP contribution < -0.4 is 9.21 Å². The van der Waals surface area contributed by atoms with Crippen LogP contribution in [0.2, 0.25) is 0 Å². The Hall–Kier alpha value is -3.12. The number of carbonyl (C=O) groups is 1. The summed E-state index contributed by atoms with van der Waals surface area (Å²) in [6.45, 7) is 1.53. The lowest BCUT2D eigenvalue weighted by atomic mass is 10.2. The highest BCUT2D eigenvalue weighted by atomic mass is 32.2. The van der Waals surface area contributed by atoms with Crippen LogP contribution in [-0.2, 0) is 14.8 Å². The maximum absolute atomic E-state index is 13.3. The maximum atomic E-state index is 13.3. The number of carbonyl (C=O) groups excluding carboxylic acids is 1. The molecule has 0 unspecified atom stereocenters. The minimum Gasteiger partial charge on any atom is -0.314 e. The lowest BCUT2D eigenvalue weighted by molar-refractivity contribution is -0.116. The molecule has 0 saturated heterocycles. The van der Waals surface area contributed by atoms with Crippen molar-refractivity contribution in [1.82, 2.24) is 0 Å². The molecule has 0 radical (unpaired) electrons. The van der Waals surface area contributed by atoms with E-state index in [9.17, 15) is 13.2 Å². The first-order valence-corrected chi connectivity index (χ1v) is 10.3. The molecule has 0 bridgehead atoms. The van der Waals surface area contributed by atoms with Gasteiger partial charge in [-0.25, -0.2) is 8.42 Å². The van der Waals surface area contributed by atoms with Crippen molar-refractivity contribution < 1.29 is 13.2 Å². The summed E-state index contributed by atoms with van der Waals surface area (Å²) in [6, 6.07) is 24.5. The normalized spacial score (nSPS) is 11.1. The van der Waals surface area contributed by atoms with Gasteiger partial charge in [0.25, 0.3) is 10.0 Å². The molecule has 0 aromatic heterocycles. The van der Waals surface area contributed by atoms with Crippen molar-refractivity contribution in [2.45, 2.75) is 11.8 Å². The van der Waals surface area contributed by atoms with Crippen LogP contribution in [0, 0.1) is 6.92 Å². The molecule has 144 valence electrons. The third kappa shape index (κ3) is 4.23. The van der Waals surface area contributed by atoms with E-state index >= 15 is 0 Å². The second kappa shape index (κ2) is 8.27. The molecule has 0 aliphatic carbocycles. The first-order valence-electron chi connectivity index (χ1n) is 8.85. The highest BCUT2D eigenvalue weighted by molar-refractivity contribution is 7.92. The lowest BCUT2D eigenvalue weighted by Crippen LogP contribution is -2.41. The van der Waals surface area contributed by atoms with E-state index < -0.39 is 10.0 Å². The van der Waals surface area contributed by atoms with Gasteiger partial charge in [-0.15, -0.1) is 0 Å². The van der Waals surface area contributed by atoms with Gasteiger partial charge in [0.15, 0.2) is 0 Å². The van der Waals surface area contributed by atoms with Crippen LogP contribution in [0.4, 0.5) is 11.4 Å². The topological polar surface area (TPSA) is 57.7 Å². The van der Waals surface area contributed by atoms with E-state index in [4.69, 9.17) is 0 Å². The zero-order valence-electron chi connectivity index (χ0n) is 15.8. The standard InChI is InChI=1S/C22H22N2O3S/c1-18-10-9-15-21(16-18)28(26,27)24(20-13-7-4-8-14-20)17-22(25)23(2)19-11-5-3-6-12-19/h3-16H,17H2,1-2H3. The lowest BCUT2D eigenvalue weighted by Gasteiger charge is -2.26. The van der Waals surface area contributed by atoms with Crippen LogP contribution in [0.3, 0.4) is 0 Å². The van der Waals surface area contributed by atoms with Crippen molar-refractivity contribution in [2.24, 2.45) is 0 Å². The van der Waals surface area contributed by atoms with Gasteiger partial charge in [0, 0.05) is 12.7 Å². The first-order chi connectivity index (χ1) is 13.4. The molecule has 5 nitrogen and oxygen atoms in total. The quantitative estimate of drug-likeness (QED) is 0.638. The molecule has 3 aromatic carbocycles. The molecule has 3 aromatic rings. The van der Waals surface area contributed by atoms with Gasteiger partial charge in [-0.2, -0.15) is 0 Å². The van der Waals surface area contributed by atoms with Crippen LogP contribution >= 0.6 is 0 Å². The fourth-order valence-electron chi connectivity index (χ4n) is 2.84. The Balaban J connectivity index is 1.98. The van der Waals surface area contributed by atoms with Crippen LogP contribution in [0.1, 0.15) is 5.56 Å². The van der Waals surface area contributed by atoms with Gasteiger partial charge in [0.1, 0.15) is 6.54 Å². The van der Waals surface area contributed by atoms with Crippen molar-refractivity contribution in [3.8, 4) is 0 Å². The predicted octanol–water partition coefficient (Wildman–Crippen LogP) is 3.85. The van der Waals surface area contributed by atoms with Crippen LogP contribution in [-0.4, -0.2) is 27.9 Å². The Labute approximate surface area is 165 Å². The zero-order chi connectivity index (χ0) is 20.1. The number of aryl methyl sites for hydroxylation is 1. The SMILES string of the molecule is Cc1cccc(S(=O)(=O)N(CC(=O)N(C)c2ccccc2)c2ccccc2)c1. The fourth-order valence-corrected chi connectivity index (χ4v) is 4.36. The smallest absolute Gasteiger partial charge is 0.264 e. The minimum atomic E-state index is -3.90. The van der Waals surface area contributed by atoms with Gasteiger partial charge in [-0.1, -0.05) is 48.5 Å². The first kappa shape index (κ1) is 19.6. The number of rotatable bonds is 6. The Morgan fingerprint density at radius 2 is 1.39 bits per heavy atom. The molecule has 0 atom stereocenters. The number of anilines is 2. The van der Waals surface area contributed by atoms with Gasteiger partial charge >= 0.3 is 0 Å². The monoisotopic (exact) mass is 394 g/mol. The summed E-state index contributed by atoms with van der Waals surface area (Å²) in [5.41, 5.74) is 1.98. The average Bonchev–Trinajstić information content (AvgIpc) is 2.72. The Morgan fingerprint density at radius 1 is 0.821 bits per heavy atom. The molecule has 3 rings (SSSR count). The van der Waals surface area contributed by atoms with Crippen LogP contribution in [0.15, 0.2) is 89.8 Å². The molecule has 0 fully saturated rings. The summed E-state index contributed by atoms with van der Waals surface area (Å²) >= 11 is 0. The van der Waals surface area contributed by atoms with E-state index in [1.54, 1.807) is 67.7 Å². The number of benzene rings is 3. The summed E-state index contributed by atoms with van der Waals surface area (Å²) in [7, 11) is -2.26. The molecular weight excluding hydrogens is 372 g/mol. The van der Waals surface area contributed by atoms with Crippen LogP contribution in [0.25, 0.3) is 0 Å². The number of para-hydroxylation sites is 2. The molecule has 6 heteroatoms. The third-order valence-corrected chi connectivity index (χ3v) is 6.19. The number of hydrogen-bond donors (Lipinski definition) is 0. The predicted molar refractivity (Wildman–Crippen MR) is 112 cm³/mol. The minimum absolute atomic E-state index is 0.159. The summed E-state index contributed by atoms with van der Waals surface area (Å²) in [5, 5.41) is 0. The van der Waals surface area contributed by atoms with Gasteiger partial charge in [-0.05, 0) is 48.9 Å². The van der Waals surface area contributed by atoms with E-state index in [1.165, 1.54) is 4.90 Å². The summed E-state index contributed by atoms with van der Waals surface area (Å²) in [5.74, 6) is -0.328. The van der Waals surface area contributed by atoms with Crippen LogP contribution in [0.5, 0.6) is 0 Å². The van der Waals surface area contributed by atoms with E-state index in [0.717, 1.165) is 9.87 Å². The molecule has 1 amide bonds. The van der Waals surface area contributed by atoms with Gasteiger partial charge < -0.3 is 4.90 Å². The van der Waals surface area contributed by atoms with Gasteiger partial charge in [-0.3, -0.25) is 9.10 Å². The molecule has 0 aliphatic rings. The number of likely N-dealkylation sites (N-methyl/N-ethyl adjacent to an activating group) is 1. The molecule has 0 spiro atoms. The second-order valence-electron chi connectivity index (χ2n) is 6.45. The molecule has 28 heavy (non-hydrogen) atoms. The molecule has 0 heterocycles. The summed E-state index contributed by atoms with van der Waals surface area (Å²) in [4.78, 5) is 14.5. The molecule has 0 saturated carbocycles. The number of nitrogens with zero attached hydrogens (tertiary/aromatic N) is 2. The maximum Gasteiger partial charge on any atom is 0.264 e. The van der Waals surface area contributed by atoms with Crippen molar-refractivity contribution in [3.05, 3.63) is 90.5 Å². The summed E-state index contributed by atoms with van der Waals surface area (Å²) in [6.07, 6.45) is 0. The Morgan fingerprint density at radius 3 is 1.96 bits per heavy atom. The number of sulfonamides is 1. The fraction of sp³-hybridized carbons (Fsp3) is 0.136. The molecule has 0 N–H and O–H groups in total. The average molecular weight is 394 g/mol. The largest absolute Gasteiger partial charge is 0.314 e. The Kier molecular flexibility index (Phi) is 5.80.